The number of aryl methyl sites for hydroxylation is 1. The summed E-state index contributed by atoms with van der Waals surface area (Å²) in [6, 6.07) is 0. The van der Waals surface area contributed by atoms with Gasteiger partial charge in [-0.1, -0.05) is 0 Å². The van der Waals surface area contributed by atoms with Crippen LogP contribution in [0.25, 0.3) is 0 Å². The normalized spacial score (nSPS) is 11.1. The molecule has 78 valence electrons. The first-order valence-corrected chi connectivity index (χ1v) is 4.94. The second kappa shape index (κ2) is 3.91. The first kappa shape index (κ1) is 10.9. The molecular weight excluding hydrogens is 202 g/mol. The van der Waals surface area contributed by atoms with E-state index in [4.69, 9.17) is 4.74 Å². The molecule has 14 heavy (non-hydrogen) atoms. The highest BCUT2D eigenvalue weighted by Crippen LogP contribution is 2.13. The van der Waals surface area contributed by atoms with Crippen molar-refractivity contribution in [2.45, 2.75) is 33.3 Å². The molecule has 1 heterocycles. The lowest BCUT2D eigenvalue weighted by Crippen LogP contribution is -2.27. The summed E-state index contributed by atoms with van der Waals surface area (Å²) >= 11 is 1.13. The molecule has 1 N–H and O–H groups in total. The monoisotopic (exact) mass is 215 g/mol. The van der Waals surface area contributed by atoms with Crippen molar-refractivity contribution in [1.29, 1.82) is 0 Å². The Balaban J connectivity index is 2.50. The standard InChI is InChI=1S/C8H13N3O2S/c1-5-9-6(14-11-5)10-7(12)13-8(2,3)4/h1-4H3,(H,9,10,11,12). The molecule has 0 unspecified atom stereocenters. The molecule has 6 heteroatoms. The van der Waals surface area contributed by atoms with E-state index in [0.717, 1.165) is 11.5 Å². The average molecular weight is 215 g/mol. The highest BCUT2D eigenvalue weighted by Gasteiger charge is 2.17. The van der Waals surface area contributed by atoms with Crippen LogP contribution in [0.2, 0.25) is 0 Å². The smallest absolute Gasteiger partial charge is 0.414 e. The van der Waals surface area contributed by atoms with Gasteiger partial charge < -0.3 is 4.74 Å². The SMILES string of the molecule is Cc1nsc(NC(=O)OC(C)(C)C)n1. The van der Waals surface area contributed by atoms with Crippen LogP contribution in [0.5, 0.6) is 0 Å². The van der Waals surface area contributed by atoms with Crippen LogP contribution in [-0.4, -0.2) is 21.1 Å². The quantitative estimate of drug-likeness (QED) is 0.780. The third-order valence-electron chi connectivity index (χ3n) is 1.14. The Morgan fingerprint density at radius 1 is 1.50 bits per heavy atom. The number of carbonyl (C=O) groups excluding carboxylic acids is 1. The molecule has 5 nitrogen and oxygen atoms in total. The minimum Gasteiger partial charge on any atom is -0.444 e. The van der Waals surface area contributed by atoms with Crippen LogP contribution in [0.4, 0.5) is 9.93 Å². The van der Waals surface area contributed by atoms with Crippen LogP contribution in [-0.2, 0) is 4.74 Å². The topological polar surface area (TPSA) is 64.1 Å². The minimum atomic E-state index is -0.506. The zero-order valence-corrected chi connectivity index (χ0v) is 9.44. The fourth-order valence-electron chi connectivity index (χ4n) is 0.739. The summed E-state index contributed by atoms with van der Waals surface area (Å²) in [5.41, 5.74) is -0.496. The molecule has 0 aliphatic carbocycles. The molecule has 0 saturated carbocycles. The number of anilines is 1. The first-order valence-electron chi connectivity index (χ1n) is 4.17. The van der Waals surface area contributed by atoms with Gasteiger partial charge in [0.05, 0.1) is 0 Å². The lowest BCUT2D eigenvalue weighted by Gasteiger charge is -2.18. The molecule has 0 aliphatic heterocycles. The Kier molecular flexibility index (Phi) is 3.05. The third kappa shape index (κ3) is 3.69. The van der Waals surface area contributed by atoms with E-state index in [1.807, 2.05) is 0 Å². The van der Waals surface area contributed by atoms with Gasteiger partial charge in [0.25, 0.3) is 0 Å². The van der Waals surface area contributed by atoms with E-state index < -0.39 is 11.7 Å². The van der Waals surface area contributed by atoms with Gasteiger partial charge in [-0.05, 0) is 27.7 Å². The number of aromatic nitrogens is 2. The highest BCUT2D eigenvalue weighted by molar-refractivity contribution is 7.09. The molecule has 0 aliphatic rings. The molecule has 0 fully saturated rings. The van der Waals surface area contributed by atoms with Gasteiger partial charge in [-0.2, -0.15) is 4.37 Å². The van der Waals surface area contributed by atoms with E-state index in [0.29, 0.717) is 11.0 Å². The molecule has 1 aromatic rings. The van der Waals surface area contributed by atoms with Gasteiger partial charge in [0, 0.05) is 11.5 Å². The highest BCUT2D eigenvalue weighted by atomic mass is 32.1. The van der Waals surface area contributed by atoms with Crippen molar-refractivity contribution < 1.29 is 9.53 Å². The average Bonchev–Trinajstić information content (AvgIpc) is 2.30. The van der Waals surface area contributed by atoms with Gasteiger partial charge in [-0.15, -0.1) is 0 Å². The second-order valence-corrected chi connectivity index (χ2v) is 4.53. The van der Waals surface area contributed by atoms with Crippen molar-refractivity contribution >= 4 is 22.8 Å². The summed E-state index contributed by atoms with van der Waals surface area (Å²) in [7, 11) is 0. The Labute approximate surface area is 86.7 Å². The minimum absolute atomic E-state index is 0.455. The zero-order valence-electron chi connectivity index (χ0n) is 8.62. The predicted molar refractivity (Wildman–Crippen MR) is 54.5 cm³/mol. The lowest BCUT2D eigenvalue weighted by atomic mass is 10.2. The second-order valence-electron chi connectivity index (χ2n) is 3.77. The van der Waals surface area contributed by atoms with Crippen molar-refractivity contribution in [3.63, 3.8) is 0 Å². The number of rotatable bonds is 1. The van der Waals surface area contributed by atoms with Gasteiger partial charge in [0.15, 0.2) is 0 Å². The number of hydrogen-bond donors (Lipinski definition) is 1. The number of ether oxygens (including phenoxy) is 1. The molecule has 0 radical (unpaired) electrons. The van der Waals surface area contributed by atoms with E-state index in [-0.39, 0.29) is 0 Å². The van der Waals surface area contributed by atoms with E-state index in [9.17, 15) is 4.79 Å². The summed E-state index contributed by atoms with van der Waals surface area (Å²) in [5, 5.41) is 2.96. The Morgan fingerprint density at radius 3 is 2.57 bits per heavy atom. The predicted octanol–water partition coefficient (Wildman–Crippen LogP) is 2.19. The molecule has 0 aromatic carbocycles. The van der Waals surface area contributed by atoms with Crippen LogP contribution in [0.15, 0.2) is 0 Å². The van der Waals surface area contributed by atoms with E-state index >= 15 is 0 Å². The Hall–Kier alpha value is -1.17. The number of carbonyl (C=O) groups is 1. The molecule has 1 amide bonds. The summed E-state index contributed by atoms with van der Waals surface area (Å²) in [4.78, 5) is 15.2. The van der Waals surface area contributed by atoms with Gasteiger partial charge in [0.2, 0.25) is 5.13 Å². The summed E-state index contributed by atoms with van der Waals surface area (Å²) in [6.07, 6.45) is -0.506. The van der Waals surface area contributed by atoms with Crippen LogP contribution >= 0.6 is 11.5 Å². The van der Waals surface area contributed by atoms with Gasteiger partial charge in [-0.25, -0.2) is 9.78 Å². The number of nitrogens with one attached hydrogen (secondary N) is 1. The van der Waals surface area contributed by atoms with Crippen molar-refractivity contribution in [1.82, 2.24) is 9.36 Å². The zero-order chi connectivity index (χ0) is 10.8. The lowest BCUT2D eigenvalue weighted by molar-refractivity contribution is 0.0636. The summed E-state index contributed by atoms with van der Waals surface area (Å²) in [5.74, 6) is 0.640. The maximum absolute atomic E-state index is 11.2. The maximum atomic E-state index is 11.2. The van der Waals surface area contributed by atoms with Crippen LogP contribution in [0, 0.1) is 6.92 Å². The van der Waals surface area contributed by atoms with Crippen molar-refractivity contribution in [3.8, 4) is 0 Å². The first-order chi connectivity index (χ1) is 6.37. The van der Waals surface area contributed by atoms with Crippen LogP contribution < -0.4 is 5.32 Å². The molecule has 0 atom stereocenters. The van der Waals surface area contributed by atoms with Crippen molar-refractivity contribution in [3.05, 3.63) is 5.82 Å². The Bertz CT molecular complexity index is 330. The molecule has 0 spiro atoms. The van der Waals surface area contributed by atoms with E-state index in [1.54, 1.807) is 27.7 Å². The van der Waals surface area contributed by atoms with Crippen molar-refractivity contribution in [2.75, 3.05) is 5.32 Å². The van der Waals surface area contributed by atoms with E-state index in [1.165, 1.54) is 0 Å². The number of nitrogens with zero attached hydrogens (tertiary/aromatic N) is 2. The summed E-state index contributed by atoms with van der Waals surface area (Å²) < 4.78 is 8.97. The van der Waals surface area contributed by atoms with Crippen LogP contribution in [0.1, 0.15) is 26.6 Å². The molecule has 1 aromatic heterocycles. The molecule has 1 rings (SSSR count). The van der Waals surface area contributed by atoms with Crippen molar-refractivity contribution in [2.24, 2.45) is 0 Å². The molecule has 0 saturated heterocycles. The number of hydrogen-bond acceptors (Lipinski definition) is 5. The largest absolute Gasteiger partial charge is 0.444 e. The molecule has 0 bridgehead atoms. The maximum Gasteiger partial charge on any atom is 0.414 e. The van der Waals surface area contributed by atoms with Gasteiger partial charge >= 0.3 is 6.09 Å². The number of amides is 1. The summed E-state index contributed by atoms with van der Waals surface area (Å²) in [6.45, 7) is 7.17. The Morgan fingerprint density at radius 2 is 2.14 bits per heavy atom. The van der Waals surface area contributed by atoms with Gasteiger partial charge in [-0.3, -0.25) is 5.32 Å². The van der Waals surface area contributed by atoms with Crippen LogP contribution in [0.3, 0.4) is 0 Å². The fourth-order valence-corrected chi connectivity index (χ4v) is 1.30. The van der Waals surface area contributed by atoms with E-state index in [2.05, 4.69) is 14.7 Å². The van der Waals surface area contributed by atoms with Gasteiger partial charge in [0.1, 0.15) is 11.4 Å². The third-order valence-corrected chi connectivity index (χ3v) is 1.86. The fraction of sp³-hybridized carbons (Fsp3) is 0.625. The molecular formula is C8H13N3O2S.